The zero-order valence-corrected chi connectivity index (χ0v) is 12.0. The molecule has 0 aliphatic rings. The Morgan fingerprint density at radius 1 is 1.26 bits per heavy atom. The van der Waals surface area contributed by atoms with Crippen molar-refractivity contribution in [1.29, 1.82) is 0 Å². The zero-order valence-electron chi connectivity index (χ0n) is 12.0. The molecule has 0 bridgehead atoms. The van der Waals surface area contributed by atoms with Crippen LogP contribution in [0.2, 0.25) is 0 Å². The number of hydrogen-bond acceptors (Lipinski definition) is 4. The number of benzene rings is 1. The molecule has 0 saturated heterocycles. The van der Waals surface area contributed by atoms with E-state index in [4.69, 9.17) is 0 Å². The molecule has 0 fully saturated rings. The van der Waals surface area contributed by atoms with Crippen molar-refractivity contribution in [3.05, 3.63) is 33.9 Å². The van der Waals surface area contributed by atoms with E-state index >= 15 is 0 Å². The summed E-state index contributed by atoms with van der Waals surface area (Å²) in [5, 5.41) is 14.1. The summed E-state index contributed by atoms with van der Waals surface area (Å²) in [6.45, 7) is 9.80. The van der Waals surface area contributed by atoms with Gasteiger partial charge in [-0.1, -0.05) is 26.8 Å². The number of nitro benzene ring substituents is 1. The number of anilines is 1. The molecule has 19 heavy (non-hydrogen) atoms. The van der Waals surface area contributed by atoms with E-state index in [1.807, 2.05) is 19.1 Å². The van der Waals surface area contributed by atoms with Gasteiger partial charge in [-0.15, -0.1) is 0 Å². The maximum atomic E-state index is 11.0. The third kappa shape index (κ3) is 4.52. The molecule has 0 spiro atoms. The van der Waals surface area contributed by atoms with Crippen molar-refractivity contribution >= 4 is 11.4 Å². The molecule has 0 aliphatic heterocycles. The van der Waals surface area contributed by atoms with Crippen LogP contribution in [0.25, 0.3) is 0 Å². The van der Waals surface area contributed by atoms with Crippen molar-refractivity contribution in [3.63, 3.8) is 0 Å². The van der Waals surface area contributed by atoms with Gasteiger partial charge in [0, 0.05) is 19.2 Å². The predicted molar refractivity (Wildman–Crippen MR) is 78.5 cm³/mol. The van der Waals surface area contributed by atoms with Crippen molar-refractivity contribution in [2.24, 2.45) is 0 Å². The van der Waals surface area contributed by atoms with Gasteiger partial charge in [0.25, 0.3) is 5.69 Å². The second-order valence-corrected chi connectivity index (χ2v) is 4.50. The fourth-order valence-electron chi connectivity index (χ4n) is 1.95. The summed E-state index contributed by atoms with van der Waals surface area (Å²) < 4.78 is 0. The van der Waals surface area contributed by atoms with Crippen LogP contribution < -0.4 is 5.32 Å². The monoisotopic (exact) mass is 265 g/mol. The Hall–Kier alpha value is -1.62. The van der Waals surface area contributed by atoms with E-state index in [0.717, 1.165) is 38.2 Å². The van der Waals surface area contributed by atoms with Crippen molar-refractivity contribution in [2.75, 3.05) is 25.0 Å². The van der Waals surface area contributed by atoms with Crippen LogP contribution in [0.1, 0.15) is 32.8 Å². The molecule has 1 aromatic rings. The molecule has 0 aliphatic carbocycles. The van der Waals surface area contributed by atoms with Gasteiger partial charge in [-0.25, -0.2) is 0 Å². The van der Waals surface area contributed by atoms with Crippen LogP contribution in [0, 0.1) is 10.1 Å². The quantitative estimate of drug-likeness (QED) is 0.579. The molecule has 1 N–H and O–H groups in total. The number of nitro groups is 1. The van der Waals surface area contributed by atoms with E-state index in [1.54, 1.807) is 6.07 Å². The van der Waals surface area contributed by atoms with Gasteiger partial charge < -0.3 is 5.32 Å². The normalized spacial score (nSPS) is 10.7. The summed E-state index contributed by atoms with van der Waals surface area (Å²) in [6.07, 6.45) is 0.942. The molecule has 1 rings (SSSR count). The smallest absolute Gasteiger partial charge is 0.292 e. The minimum absolute atomic E-state index is 0.150. The first kappa shape index (κ1) is 15.4. The standard InChI is InChI=1S/C14H23N3O2/c1-4-9-15-13-10-12(11-16(5-2)6-3)7-8-14(13)17(18)19/h7-8,10,15H,4-6,9,11H2,1-3H3. The Labute approximate surface area is 114 Å². The maximum absolute atomic E-state index is 11.0. The van der Waals surface area contributed by atoms with Crippen LogP contribution in [0.15, 0.2) is 18.2 Å². The van der Waals surface area contributed by atoms with Crippen LogP contribution >= 0.6 is 0 Å². The molecule has 5 nitrogen and oxygen atoms in total. The average molecular weight is 265 g/mol. The molecule has 1 aromatic carbocycles. The van der Waals surface area contributed by atoms with Crippen LogP contribution in [0.5, 0.6) is 0 Å². The van der Waals surface area contributed by atoms with Crippen LogP contribution in [0.4, 0.5) is 11.4 Å². The van der Waals surface area contributed by atoms with E-state index in [-0.39, 0.29) is 10.6 Å². The topological polar surface area (TPSA) is 58.4 Å². The van der Waals surface area contributed by atoms with Crippen LogP contribution in [-0.2, 0) is 6.54 Å². The fraction of sp³-hybridized carbons (Fsp3) is 0.571. The molecule has 0 unspecified atom stereocenters. The van der Waals surface area contributed by atoms with Crippen molar-refractivity contribution in [3.8, 4) is 0 Å². The summed E-state index contributed by atoms with van der Waals surface area (Å²) in [5.74, 6) is 0. The lowest BCUT2D eigenvalue weighted by Crippen LogP contribution is -2.22. The first-order chi connectivity index (χ1) is 9.12. The van der Waals surface area contributed by atoms with Gasteiger partial charge in [-0.3, -0.25) is 15.0 Å². The molecule has 0 aromatic heterocycles. The lowest BCUT2D eigenvalue weighted by molar-refractivity contribution is -0.384. The third-order valence-corrected chi connectivity index (χ3v) is 3.12. The Morgan fingerprint density at radius 3 is 2.47 bits per heavy atom. The lowest BCUT2D eigenvalue weighted by atomic mass is 10.1. The SMILES string of the molecule is CCCNc1cc(CN(CC)CC)ccc1[N+](=O)[O-]. The number of hydrogen-bond donors (Lipinski definition) is 1. The minimum atomic E-state index is -0.334. The van der Waals surface area contributed by atoms with Crippen molar-refractivity contribution in [1.82, 2.24) is 4.90 Å². The number of rotatable bonds is 8. The van der Waals surface area contributed by atoms with Crippen molar-refractivity contribution in [2.45, 2.75) is 33.7 Å². The van der Waals surface area contributed by atoms with Gasteiger partial charge in [0.05, 0.1) is 4.92 Å². The number of nitrogens with zero attached hydrogens (tertiary/aromatic N) is 2. The summed E-state index contributed by atoms with van der Waals surface area (Å²) >= 11 is 0. The Kier molecular flexibility index (Phi) is 6.29. The maximum Gasteiger partial charge on any atom is 0.292 e. The van der Waals surface area contributed by atoms with E-state index in [9.17, 15) is 10.1 Å². The highest BCUT2D eigenvalue weighted by molar-refractivity contribution is 5.62. The molecule has 0 atom stereocenters. The highest BCUT2D eigenvalue weighted by Gasteiger charge is 2.14. The van der Waals surface area contributed by atoms with Gasteiger partial charge in [-0.05, 0) is 31.1 Å². The molecule has 0 heterocycles. The summed E-state index contributed by atoms with van der Waals surface area (Å²) in [4.78, 5) is 12.9. The Balaban J connectivity index is 2.93. The fourth-order valence-corrected chi connectivity index (χ4v) is 1.95. The molecule has 0 radical (unpaired) electrons. The van der Waals surface area contributed by atoms with Gasteiger partial charge in [0.2, 0.25) is 0 Å². The molecule has 5 heteroatoms. The van der Waals surface area contributed by atoms with Crippen LogP contribution in [0.3, 0.4) is 0 Å². The summed E-state index contributed by atoms with van der Waals surface area (Å²) in [6, 6.07) is 5.33. The molecular formula is C14H23N3O2. The van der Waals surface area contributed by atoms with Gasteiger partial charge >= 0.3 is 0 Å². The minimum Gasteiger partial charge on any atom is -0.379 e. The Morgan fingerprint density at radius 2 is 1.95 bits per heavy atom. The van der Waals surface area contributed by atoms with Crippen molar-refractivity contribution < 1.29 is 4.92 Å². The van der Waals surface area contributed by atoms with Gasteiger partial charge in [0.1, 0.15) is 5.69 Å². The first-order valence-corrected chi connectivity index (χ1v) is 6.85. The highest BCUT2D eigenvalue weighted by atomic mass is 16.6. The largest absolute Gasteiger partial charge is 0.379 e. The van der Waals surface area contributed by atoms with E-state index in [2.05, 4.69) is 24.1 Å². The van der Waals surface area contributed by atoms with Crippen LogP contribution in [-0.4, -0.2) is 29.5 Å². The summed E-state index contributed by atoms with van der Waals surface area (Å²) in [7, 11) is 0. The van der Waals surface area contributed by atoms with Gasteiger partial charge in [0.15, 0.2) is 0 Å². The highest BCUT2D eigenvalue weighted by Crippen LogP contribution is 2.26. The average Bonchev–Trinajstić information content (AvgIpc) is 2.42. The zero-order chi connectivity index (χ0) is 14.3. The van der Waals surface area contributed by atoms with E-state index in [1.165, 1.54) is 0 Å². The molecule has 106 valence electrons. The summed E-state index contributed by atoms with van der Waals surface area (Å²) in [5.41, 5.74) is 1.88. The van der Waals surface area contributed by atoms with Gasteiger partial charge in [-0.2, -0.15) is 0 Å². The molecule has 0 saturated carbocycles. The van der Waals surface area contributed by atoms with E-state index in [0.29, 0.717) is 5.69 Å². The lowest BCUT2D eigenvalue weighted by Gasteiger charge is -2.18. The van der Waals surface area contributed by atoms with E-state index < -0.39 is 0 Å². The number of nitrogens with one attached hydrogen (secondary N) is 1. The Bertz CT molecular complexity index is 417. The molecular weight excluding hydrogens is 242 g/mol. The second kappa shape index (κ2) is 7.74. The second-order valence-electron chi connectivity index (χ2n) is 4.50. The first-order valence-electron chi connectivity index (χ1n) is 6.85. The predicted octanol–water partition coefficient (Wildman–Crippen LogP) is 3.26. The third-order valence-electron chi connectivity index (χ3n) is 3.12. The molecule has 0 amide bonds.